The summed E-state index contributed by atoms with van der Waals surface area (Å²) in [5.74, 6) is -0.794. The van der Waals surface area contributed by atoms with Crippen LogP contribution in [-0.2, 0) is 9.84 Å². The van der Waals surface area contributed by atoms with Crippen LogP contribution in [-0.4, -0.2) is 24.8 Å². The first kappa shape index (κ1) is 12.9. The number of hydrogen-bond acceptors (Lipinski definition) is 6. The van der Waals surface area contributed by atoms with Crippen molar-refractivity contribution in [2.45, 2.75) is 4.90 Å². The van der Waals surface area contributed by atoms with E-state index in [1.165, 1.54) is 0 Å². The molecule has 0 aliphatic carbocycles. The summed E-state index contributed by atoms with van der Waals surface area (Å²) in [6.07, 6.45) is 0. The normalized spacial score (nSPS) is 18.0. The molecule has 1 aromatic rings. The van der Waals surface area contributed by atoms with Crippen molar-refractivity contribution in [3.8, 4) is 0 Å². The molecule has 0 radical (unpaired) electrons. The number of anilines is 1. The summed E-state index contributed by atoms with van der Waals surface area (Å²) < 4.78 is 22.9. The molecule has 1 aliphatic heterocycles. The fraction of sp³-hybridized carbons (Fsp3) is 0.200. The Morgan fingerprint density at radius 1 is 1.28 bits per heavy atom. The summed E-state index contributed by atoms with van der Waals surface area (Å²) in [6, 6.07) is 6.86. The fourth-order valence-corrected chi connectivity index (χ4v) is 4.66. The first-order chi connectivity index (χ1) is 8.39. The number of nitro groups is 1. The van der Waals surface area contributed by atoms with Crippen LogP contribution in [0, 0.1) is 10.1 Å². The summed E-state index contributed by atoms with van der Waals surface area (Å²) in [5, 5.41) is 10.8. The van der Waals surface area contributed by atoms with Gasteiger partial charge in [-0.1, -0.05) is 23.9 Å². The lowest BCUT2D eigenvalue weighted by Crippen LogP contribution is -2.07. The number of thioether (sulfide) groups is 1. The van der Waals surface area contributed by atoms with E-state index in [1.807, 2.05) is 0 Å². The number of nitrogens with two attached hydrogens (primary N) is 1. The third-order valence-corrected chi connectivity index (χ3v) is 5.24. The molecule has 0 saturated heterocycles. The second kappa shape index (κ2) is 4.62. The van der Waals surface area contributed by atoms with Gasteiger partial charge in [-0.25, -0.2) is 8.42 Å². The van der Waals surface area contributed by atoms with Gasteiger partial charge in [-0.3, -0.25) is 10.1 Å². The maximum Gasteiger partial charge on any atom is 0.272 e. The molecule has 6 nitrogen and oxygen atoms in total. The summed E-state index contributed by atoms with van der Waals surface area (Å²) in [4.78, 5) is 11.1. The fourth-order valence-electron chi connectivity index (χ4n) is 1.57. The molecule has 0 aromatic heterocycles. The maximum absolute atomic E-state index is 11.4. The van der Waals surface area contributed by atoms with Crippen molar-refractivity contribution >= 4 is 27.3 Å². The predicted octanol–water partition coefficient (Wildman–Crippen LogP) is 1.28. The van der Waals surface area contributed by atoms with E-state index < -0.39 is 20.5 Å². The second-order valence-corrected chi connectivity index (χ2v) is 7.00. The van der Waals surface area contributed by atoms with Crippen LogP contribution in [0.4, 0.5) is 5.69 Å². The van der Waals surface area contributed by atoms with Gasteiger partial charge in [0.15, 0.2) is 9.84 Å². The van der Waals surface area contributed by atoms with Crippen molar-refractivity contribution in [2.75, 3.05) is 17.2 Å². The molecule has 1 heterocycles. The number of benzene rings is 1. The number of para-hydroxylation sites is 1. The lowest BCUT2D eigenvalue weighted by Gasteiger charge is -2.04. The molecule has 0 spiro atoms. The van der Waals surface area contributed by atoms with Crippen molar-refractivity contribution in [1.82, 2.24) is 0 Å². The van der Waals surface area contributed by atoms with Crippen molar-refractivity contribution in [3.05, 3.63) is 45.0 Å². The standard InChI is InChI=1S/C10H10N2O4S2/c11-7-3-1-2-4-9(7)17-10-6-18(15,16)5-8(10)12(13)14/h1-4H,5-6,11H2. The van der Waals surface area contributed by atoms with Gasteiger partial charge in [-0.2, -0.15) is 0 Å². The van der Waals surface area contributed by atoms with E-state index in [0.29, 0.717) is 10.6 Å². The highest BCUT2D eigenvalue weighted by Crippen LogP contribution is 2.37. The molecule has 0 bridgehead atoms. The zero-order valence-electron chi connectivity index (χ0n) is 9.20. The van der Waals surface area contributed by atoms with Gasteiger partial charge in [0.1, 0.15) is 5.75 Å². The Bertz CT molecular complexity index is 637. The van der Waals surface area contributed by atoms with Crippen LogP contribution >= 0.6 is 11.8 Å². The quantitative estimate of drug-likeness (QED) is 0.510. The maximum atomic E-state index is 11.4. The molecule has 0 unspecified atom stereocenters. The van der Waals surface area contributed by atoms with Crippen LogP contribution in [0.15, 0.2) is 39.8 Å². The molecule has 0 atom stereocenters. The molecular weight excluding hydrogens is 276 g/mol. The third-order valence-electron chi connectivity index (χ3n) is 2.40. The summed E-state index contributed by atoms with van der Waals surface area (Å²) in [7, 11) is -3.40. The van der Waals surface area contributed by atoms with Crippen LogP contribution in [0.5, 0.6) is 0 Å². The molecule has 8 heteroatoms. The summed E-state index contributed by atoms with van der Waals surface area (Å²) >= 11 is 1.05. The molecule has 1 aromatic carbocycles. The van der Waals surface area contributed by atoms with Crippen molar-refractivity contribution < 1.29 is 13.3 Å². The summed E-state index contributed by atoms with van der Waals surface area (Å²) in [6.45, 7) is 0. The van der Waals surface area contributed by atoms with E-state index in [9.17, 15) is 18.5 Å². The summed E-state index contributed by atoms with van der Waals surface area (Å²) in [5.41, 5.74) is 5.95. The topological polar surface area (TPSA) is 103 Å². The Hall–Kier alpha value is -1.54. The minimum absolute atomic E-state index is 0.247. The van der Waals surface area contributed by atoms with Gasteiger partial charge in [-0.15, -0.1) is 0 Å². The van der Waals surface area contributed by atoms with Crippen LogP contribution in [0.1, 0.15) is 0 Å². The van der Waals surface area contributed by atoms with Crippen molar-refractivity contribution in [1.29, 1.82) is 0 Å². The van der Waals surface area contributed by atoms with E-state index in [1.54, 1.807) is 24.3 Å². The number of nitrogens with zero attached hydrogens (tertiary/aromatic N) is 1. The molecule has 96 valence electrons. The number of nitrogen functional groups attached to an aromatic ring is 1. The molecule has 1 aliphatic rings. The molecule has 2 rings (SSSR count). The predicted molar refractivity (Wildman–Crippen MR) is 69.4 cm³/mol. The largest absolute Gasteiger partial charge is 0.398 e. The molecule has 0 fully saturated rings. The van der Waals surface area contributed by atoms with E-state index >= 15 is 0 Å². The average Bonchev–Trinajstić information content (AvgIpc) is 2.57. The second-order valence-electron chi connectivity index (χ2n) is 3.80. The van der Waals surface area contributed by atoms with Gasteiger partial charge in [0.05, 0.1) is 15.6 Å². The SMILES string of the molecule is Nc1ccccc1SC1=C([N+](=O)[O-])CS(=O)(=O)C1. The van der Waals surface area contributed by atoms with E-state index in [4.69, 9.17) is 5.73 Å². The Morgan fingerprint density at radius 3 is 2.56 bits per heavy atom. The highest BCUT2D eigenvalue weighted by molar-refractivity contribution is 8.05. The van der Waals surface area contributed by atoms with E-state index in [2.05, 4.69) is 0 Å². The van der Waals surface area contributed by atoms with Crippen LogP contribution in [0.2, 0.25) is 0 Å². The Labute approximate surface area is 108 Å². The van der Waals surface area contributed by atoms with Gasteiger partial charge >= 0.3 is 0 Å². The number of hydrogen-bond donors (Lipinski definition) is 1. The monoisotopic (exact) mass is 286 g/mol. The minimum Gasteiger partial charge on any atom is -0.398 e. The van der Waals surface area contributed by atoms with Crippen molar-refractivity contribution in [2.24, 2.45) is 0 Å². The van der Waals surface area contributed by atoms with Crippen molar-refractivity contribution in [3.63, 3.8) is 0 Å². The first-order valence-corrected chi connectivity index (χ1v) is 7.62. The Kier molecular flexibility index (Phi) is 3.31. The molecule has 2 N–H and O–H groups in total. The lowest BCUT2D eigenvalue weighted by atomic mass is 10.3. The molecule has 18 heavy (non-hydrogen) atoms. The van der Waals surface area contributed by atoms with Crippen LogP contribution in [0.25, 0.3) is 0 Å². The van der Waals surface area contributed by atoms with Gasteiger partial charge < -0.3 is 5.73 Å². The Morgan fingerprint density at radius 2 is 1.94 bits per heavy atom. The average molecular weight is 286 g/mol. The first-order valence-electron chi connectivity index (χ1n) is 4.98. The van der Waals surface area contributed by atoms with E-state index in [-0.39, 0.29) is 16.4 Å². The lowest BCUT2D eigenvalue weighted by molar-refractivity contribution is -0.423. The zero-order valence-corrected chi connectivity index (χ0v) is 10.8. The highest BCUT2D eigenvalue weighted by atomic mass is 32.2. The smallest absolute Gasteiger partial charge is 0.272 e. The highest BCUT2D eigenvalue weighted by Gasteiger charge is 2.36. The number of rotatable bonds is 3. The third kappa shape index (κ3) is 2.65. The van der Waals surface area contributed by atoms with E-state index in [0.717, 1.165) is 11.8 Å². The van der Waals surface area contributed by atoms with Crippen LogP contribution < -0.4 is 5.73 Å². The Balaban J connectivity index is 2.35. The molecule has 0 saturated carbocycles. The zero-order chi connectivity index (χ0) is 13.3. The molecule has 0 amide bonds. The van der Waals surface area contributed by atoms with Gasteiger partial charge in [-0.05, 0) is 12.1 Å². The van der Waals surface area contributed by atoms with Gasteiger partial charge in [0, 0.05) is 10.6 Å². The molecular formula is C10H10N2O4S2. The van der Waals surface area contributed by atoms with Crippen LogP contribution in [0.3, 0.4) is 0 Å². The minimum atomic E-state index is -3.40. The number of sulfone groups is 1. The van der Waals surface area contributed by atoms with Gasteiger partial charge in [0.25, 0.3) is 5.70 Å². The van der Waals surface area contributed by atoms with Gasteiger partial charge in [0.2, 0.25) is 0 Å².